The minimum atomic E-state index is 0.484. The second-order valence-corrected chi connectivity index (χ2v) is 5.18. The van der Waals surface area contributed by atoms with Crippen molar-refractivity contribution in [1.82, 2.24) is 10.2 Å². The lowest BCUT2D eigenvalue weighted by molar-refractivity contribution is 0.0336. The van der Waals surface area contributed by atoms with E-state index in [-0.39, 0.29) is 0 Å². The molecule has 3 unspecified atom stereocenters. The summed E-state index contributed by atoms with van der Waals surface area (Å²) in [6.07, 6.45) is 5.52. The maximum absolute atomic E-state index is 5.80. The Morgan fingerprint density at radius 2 is 2.25 bits per heavy atom. The highest BCUT2D eigenvalue weighted by Crippen LogP contribution is 2.20. The van der Waals surface area contributed by atoms with Crippen molar-refractivity contribution in [1.29, 1.82) is 0 Å². The molecule has 3 heteroatoms. The number of rotatable bonds is 3. The maximum atomic E-state index is 5.80. The zero-order chi connectivity index (χ0) is 11.4. The van der Waals surface area contributed by atoms with Crippen LogP contribution in [0.15, 0.2) is 0 Å². The molecule has 2 fully saturated rings. The Labute approximate surface area is 99.5 Å². The fraction of sp³-hybridized carbons (Fsp3) is 1.00. The number of nitrogens with one attached hydrogen (secondary N) is 1. The molecule has 0 aromatic heterocycles. The Morgan fingerprint density at radius 1 is 1.38 bits per heavy atom. The van der Waals surface area contributed by atoms with Crippen LogP contribution in [-0.4, -0.2) is 49.3 Å². The zero-order valence-electron chi connectivity index (χ0n) is 10.7. The third-order valence-electron chi connectivity index (χ3n) is 4.17. The highest BCUT2D eigenvalue weighted by molar-refractivity contribution is 4.83. The molecular formula is C13H26N2O. The third-order valence-corrected chi connectivity index (χ3v) is 4.17. The van der Waals surface area contributed by atoms with Gasteiger partial charge in [-0.3, -0.25) is 4.90 Å². The predicted octanol–water partition coefficient (Wildman–Crippen LogP) is 1.63. The molecule has 2 rings (SSSR count). The van der Waals surface area contributed by atoms with Gasteiger partial charge in [0.2, 0.25) is 0 Å². The molecule has 94 valence electrons. The number of hydrogen-bond acceptors (Lipinski definition) is 3. The van der Waals surface area contributed by atoms with Crippen LogP contribution in [0, 0.1) is 0 Å². The summed E-state index contributed by atoms with van der Waals surface area (Å²) in [5, 5.41) is 3.62. The van der Waals surface area contributed by atoms with E-state index in [1.807, 2.05) is 0 Å². The third kappa shape index (κ3) is 2.96. The van der Waals surface area contributed by atoms with Gasteiger partial charge in [-0.15, -0.1) is 0 Å². The average Bonchev–Trinajstić information content (AvgIpc) is 2.73. The number of ether oxygens (including phenoxy) is 1. The van der Waals surface area contributed by atoms with E-state index in [4.69, 9.17) is 4.74 Å². The van der Waals surface area contributed by atoms with Crippen molar-refractivity contribution in [3.8, 4) is 0 Å². The summed E-state index contributed by atoms with van der Waals surface area (Å²) in [6.45, 7) is 9.12. The molecule has 3 atom stereocenters. The minimum Gasteiger partial charge on any atom is -0.377 e. The Morgan fingerprint density at radius 3 is 2.94 bits per heavy atom. The van der Waals surface area contributed by atoms with Crippen molar-refractivity contribution in [3.63, 3.8) is 0 Å². The molecule has 0 aliphatic carbocycles. The van der Waals surface area contributed by atoms with Gasteiger partial charge in [-0.1, -0.05) is 6.92 Å². The van der Waals surface area contributed by atoms with Crippen LogP contribution in [0.5, 0.6) is 0 Å². The smallest absolute Gasteiger partial charge is 0.0728 e. The first-order valence-electron chi connectivity index (χ1n) is 6.90. The van der Waals surface area contributed by atoms with Gasteiger partial charge in [-0.05, 0) is 32.6 Å². The average molecular weight is 226 g/mol. The zero-order valence-corrected chi connectivity index (χ0v) is 10.7. The summed E-state index contributed by atoms with van der Waals surface area (Å²) in [4.78, 5) is 2.61. The SMILES string of the molecule is CCC1CCN(C(C)C2CCCO2)CCN1. The maximum Gasteiger partial charge on any atom is 0.0728 e. The van der Waals surface area contributed by atoms with Crippen molar-refractivity contribution in [2.45, 2.75) is 57.7 Å². The molecule has 0 aromatic carbocycles. The molecule has 0 aromatic rings. The van der Waals surface area contributed by atoms with Gasteiger partial charge in [0.1, 0.15) is 0 Å². The van der Waals surface area contributed by atoms with E-state index in [1.54, 1.807) is 0 Å². The Kier molecular flexibility index (Phi) is 4.62. The minimum absolute atomic E-state index is 0.484. The lowest BCUT2D eigenvalue weighted by Gasteiger charge is -2.31. The molecule has 0 spiro atoms. The van der Waals surface area contributed by atoms with Crippen LogP contribution in [0.3, 0.4) is 0 Å². The molecular weight excluding hydrogens is 200 g/mol. The Bertz CT molecular complexity index is 204. The Hall–Kier alpha value is -0.120. The van der Waals surface area contributed by atoms with Gasteiger partial charge in [-0.25, -0.2) is 0 Å². The van der Waals surface area contributed by atoms with E-state index in [2.05, 4.69) is 24.1 Å². The van der Waals surface area contributed by atoms with Crippen LogP contribution < -0.4 is 5.32 Å². The summed E-state index contributed by atoms with van der Waals surface area (Å²) in [5.74, 6) is 0. The second-order valence-electron chi connectivity index (χ2n) is 5.18. The van der Waals surface area contributed by atoms with E-state index in [0.717, 1.165) is 19.2 Å². The van der Waals surface area contributed by atoms with Crippen LogP contribution in [0.25, 0.3) is 0 Å². The first-order chi connectivity index (χ1) is 7.81. The van der Waals surface area contributed by atoms with Crippen LogP contribution in [0.1, 0.15) is 39.5 Å². The topological polar surface area (TPSA) is 24.5 Å². The van der Waals surface area contributed by atoms with Crippen molar-refractivity contribution < 1.29 is 4.74 Å². The molecule has 3 nitrogen and oxygen atoms in total. The largest absolute Gasteiger partial charge is 0.377 e. The molecule has 2 saturated heterocycles. The van der Waals surface area contributed by atoms with E-state index >= 15 is 0 Å². The van der Waals surface area contributed by atoms with E-state index in [1.165, 1.54) is 38.8 Å². The lowest BCUT2D eigenvalue weighted by atomic mass is 10.1. The van der Waals surface area contributed by atoms with Crippen molar-refractivity contribution in [2.75, 3.05) is 26.2 Å². The van der Waals surface area contributed by atoms with Crippen molar-refractivity contribution in [2.24, 2.45) is 0 Å². The molecule has 16 heavy (non-hydrogen) atoms. The lowest BCUT2D eigenvalue weighted by Crippen LogP contribution is -2.43. The van der Waals surface area contributed by atoms with Crippen molar-refractivity contribution >= 4 is 0 Å². The second kappa shape index (κ2) is 5.99. The molecule has 0 saturated carbocycles. The van der Waals surface area contributed by atoms with Gasteiger partial charge >= 0.3 is 0 Å². The summed E-state index contributed by atoms with van der Waals surface area (Å²) in [5.41, 5.74) is 0. The van der Waals surface area contributed by atoms with Gasteiger partial charge in [0.05, 0.1) is 6.10 Å². The normalized spacial score (nSPS) is 34.9. The van der Waals surface area contributed by atoms with Crippen molar-refractivity contribution in [3.05, 3.63) is 0 Å². The summed E-state index contributed by atoms with van der Waals surface area (Å²) >= 11 is 0. The molecule has 2 aliphatic heterocycles. The molecule has 2 aliphatic rings. The molecule has 1 N–H and O–H groups in total. The summed E-state index contributed by atoms with van der Waals surface area (Å²) in [6, 6.07) is 1.32. The molecule has 0 amide bonds. The van der Waals surface area contributed by atoms with Gasteiger partial charge in [-0.2, -0.15) is 0 Å². The fourth-order valence-corrected chi connectivity index (χ4v) is 2.92. The fourth-order valence-electron chi connectivity index (χ4n) is 2.92. The first kappa shape index (κ1) is 12.3. The van der Waals surface area contributed by atoms with Gasteiger partial charge in [0.25, 0.3) is 0 Å². The van der Waals surface area contributed by atoms with Gasteiger partial charge in [0.15, 0.2) is 0 Å². The Balaban J connectivity index is 1.83. The number of nitrogens with zero attached hydrogens (tertiary/aromatic N) is 1. The van der Waals surface area contributed by atoms with Crippen LogP contribution in [0.4, 0.5) is 0 Å². The quantitative estimate of drug-likeness (QED) is 0.791. The van der Waals surface area contributed by atoms with Crippen LogP contribution >= 0.6 is 0 Å². The predicted molar refractivity (Wildman–Crippen MR) is 66.7 cm³/mol. The molecule has 2 heterocycles. The first-order valence-corrected chi connectivity index (χ1v) is 6.90. The monoisotopic (exact) mass is 226 g/mol. The van der Waals surface area contributed by atoms with Gasteiger partial charge < -0.3 is 10.1 Å². The van der Waals surface area contributed by atoms with E-state index < -0.39 is 0 Å². The molecule has 0 bridgehead atoms. The molecule has 0 radical (unpaired) electrons. The number of hydrogen-bond donors (Lipinski definition) is 1. The summed E-state index contributed by atoms with van der Waals surface area (Å²) < 4.78 is 5.80. The summed E-state index contributed by atoms with van der Waals surface area (Å²) in [7, 11) is 0. The standard InChI is InChI=1S/C13H26N2O/c1-3-12-6-8-15(9-7-14-12)11(2)13-5-4-10-16-13/h11-14H,3-10H2,1-2H3. The highest BCUT2D eigenvalue weighted by Gasteiger charge is 2.28. The van der Waals surface area contributed by atoms with Crippen LogP contribution in [0.2, 0.25) is 0 Å². The highest BCUT2D eigenvalue weighted by atomic mass is 16.5. The van der Waals surface area contributed by atoms with E-state index in [0.29, 0.717) is 12.1 Å². The van der Waals surface area contributed by atoms with E-state index in [9.17, 15) is 0 Å². The van der Waals surface area contributed by atoms with Crippen LogP contribution in [-0.2, 0) is 4.74 Å². The van der Waals surface area contributed by atoms with Gasteiger partial charge in [0, 0.05) is 38.3 Å².